The molecule has 2 amide bonds. The normalized spacial score (nSPS) is 17.3. The Balaban J connectivity index is 1.33. The van der Waals surface area contributed by atoms with Crippen LogP contribution in [0.2, 0.25) is 0 Å². The summed E-state index contributed by atoms with van der Waals surface area (Å²) >= 11 is 3.91. The Morgan fingerprint density at radius 1 is 1.17 bits per heavy atom. The molecule has 21 heteroatoms. The van der Waals surface area contributed by atoms with Crippen LogP contribution in [0.25, 0.3) is 0 Å². The minimum atomic E-state index is -1.30. The van der Waals surface area contributed by atoms with Crippen molar-refractivity contribution in [3.8, 4) is 11.5 Å². The predicted octanol–water partition coefficient (Wildman–Crippen LogP) is 1.36. The molecule has 3 aromatic rings. The number of thioether (sulfide) groups is 2. The van der Waals surface area contributed by atoms with Crippen LogP contribution >= 0.6 is 34.9 Å². The number of carboxylic acid groups (broad SMARTS) is 1. The van der Waals surface area contributed by atoms with Gasteiger partial charge in [0.15, 0.2) is 21.6 Å². The number of β-lactam (4-membered cyclic amide) rings is 1. The van der Waals surface area contributed by atoms with Gasteiger partial charge in [0.05, 0.1) is 5.56 Å². The Morgan fingerprint density at radius 3 is 2.52 bits per heavy atom. The van der Waals surface area contributed by atoms with E-state index in [-0.39, 0.29) is 46.0 Å². The largest absolute Gasteiger partial charge is 0.477 e. The number of carbonyl (C=O) groups is 6. The van der Waals surface area contributed by atoms with Gasteiger partial charge in [-0.2, -0.15) is 4.98 Å². The van der Waals surface area contributed by atoms with Gasteiger partial charge < -0.3 is 34.9 Å². The molecule has 0 unspecified atom stereocenters. The van der Waals surface area contributed by atoms with Gasteiger partial charge in [0.25, 0.3) is 17.8 Å². The number of aryl methyl sites for hydroxylation is 1. The van der Waals surface area contributed by atoms with E-state index in [1.165, 1.54) is 47.0 Å². The van der Waals surface area contributed by atoms with E-state index in [2.05, 4.69) is 25.7 Å². The van der Waals surface area contributed by atoms with E-state index in [0.29, 0.717) is 9.91 Å². The molecule has 2 aromatic heterocycles. The second kappa shape index (κ2) is 14.2. The molecule has 18 nitrogen and oxygen atoms in total. The maximum atomic E-state index is 13.4. The maximum absolute atomic E-state index is 13.4. The van der Waals surface area contributed by atoms with E-state index in [9.17, 15) is 33.9 Å². The third-order valence-corrected chi connectivity index (χ3v) is 9.70. The lowest BCUT2D eigenvalue weighted by Crippen LogP contribution is -2.71. The number of hydrogen-bond donors (Lipinski definition) is 3. The van der Waals surface area contributed by atoms with Crippen molar-refractivity contribution in [3.63, 3.8) is 0 Å². The van der Waals surface area contributed by atoms with Crippen LogP contribution in [0.1, 0.15) is 34.9 Å². The highest BCUT2D eigenvalue weighted by molar-refractivity contribution is 8.01. The number of oxime groups is 1. The van der Waals surface area contributed by atoms with Crippen LogP contribution in [0, 0.1) is 6.92 Å². The summed E-state index contributed by atoms with van der Waals surface area (Å²) in [5.41, 5.74) is 4.81. The van der Waals surface area contributed by atoms with Crippen molar-refractivity contribution < 1.29 is 52.6 Å². The Bertz CT molecular complexity index is 1900. The minimum absolute atomic E-state index is 0.144. The summed E-state index contributed by atoms with van der Waals surface area (Å²) in [6.07, 6.45) is 0.965. The molecule has 1 fully saturated rings. The maximum Gasteiger partial charge on any atom is 0.365 e. The van der Waals surface area contributed by atoms with Crippen molar-refractivity contribution in [2.45, 2.75) is 36.5 Å². The summed E-state index contributed by atoms with van der Waals surface area (Å²) in [4.78, 5) is 84.5. The van der Waals surface area contributed by atoms with E-state index in [4.69, 9.17) is 24.5 Å². The van der Waals surface area contributed by atoms with E-state index < -0.39 is 52.8 Å². The summed E-state index contributed by atoms with van der Waals surface area (Å²) in [6.45, 7) is 4.02. The van der Waals surface area contributed by atoms with E-state index in [1.807, 2.05) is 0 Å². The molecule has 48 heavy (non-hydrogen) atoms. The molecule has 2 atom stereocenters. The number of carbonyl (C=O) groups excluding carboxylic acids is 5. The van der Waals surface area contributed by atoms with Gasteiger partial charge in [0, 0.05) is 25.4 Å². The average molecular weight is 718 g/mol. The molecule has 5 rings (SSSR count). The quantitative estimate of drug-likeness (QED) is 0.0481. The second-order valence-corrected chi connectivity index (χ2v) is 13.2. The monoisotopic (exact) mass is 717 g/mol. The SMILES string of the molecule is CC(=O)Oc1ccc(C(=O)O/N=C(\C(=O)N[C@@H]2C(=O)N3C(C(=O)O)=C(CSc4nnc(C)s4)CS[C@@H]23)c2coc(N)n2)cc1OC(C)=O. The summed E-state index contributed by atoms with van der Waals surface area (Å²) in [5.74, 6) is -5.48. The van der Waals surface area contributed by atoms with E-state index in [0.717, 1.165) is 36.1 Å². The lowest BCUT2D eigenvalue weighted by atomic mass is 10.0. The first-order chi connectivity index (χ1) is 22.8. The Morgan fingerprint density at radius 2 is 1.90 bits per heavy atom. The van der Waals surface area contributed by atoms with E-state index >= 15 is 0 Å². The van der Waals surface area contributed by atoms with E-state index in [1.54, 1.807) is 6.92 Å². The highest BCUT2D eigenvalue weighted by Gasteiger charge is 2.54. The fraction of sp³-hybridized carbons (Fsp3) is 0.259. The molecular weight excluding hydrogens is 695 g/mol. The first-order valence-electron chi connectivity index (χ1n) is 13.5. The number of oxazole rings is 1. The zero-order chi connectivity index (χ0) is 34.7. The molecule has 4 heterocycles. The third kappa shape index (κ3) is 7.47. The van der Waals surface area contributed by atoms with Crippen molar-refractivity contribution in [2.24, 2.45) is 5.16 Å². The fourth-order valence-corrected chi connectivity index (χ4v) is 7.64. The molecule has 0 bridgehead atoms. The molecular formula is C27H23N7O11S3. The van der Waals surface area contributed by atoms with Gasteiger partial charge >= 0.3 is 23.9 Å². The average Bonchev–Trinajstić information content (AvgIpc) is 3.65. The summed E-state index contributed by atoms with van der Waals surface area (Å²) in [5, 5.41) is 24.0. The number of rotatable bonds is 11. The number of nitrogens with two attached hydrogens (primary N) is 1. The number of benzene rings is 1. The number of nitrogens with zero attached hydrogens (tertiary/aromatic N) is 5. The number of amides is 2. The van der Waals surface area contributed by atoms with Gasteiger partial charge in [-0.15, -0.1) is 22.0 Å². The molecule has 0 aliphatic carbocycles. The van der Waals surface area contributed by atoms with Crippen molar-refractivity contribution >= 4 is 82.3 Å². The van der Waals surface area contributed by atoms with Crippen LogP contribution < -0.4 is 20.5 Å². The van der Waals surface area contributed by atoms with Gasteiger partial charge in [0.1, 0.15) is 34.1 Å². The summed E-state index contributed by atoms with van der Waals surface area (Å²) in [6, 6.07) is 1.92. The number of nitrogen functional groups attached to an aromatic ring is 1. The van der Waals surface area contributed by atoms with Crippen LogP contribution in [-0.2, 0) is 28.8 Å². The molecule has 2 aliphatic heterocycles. The number of carboxylic acids is 1. The lowest BCUT2D eigenvalue weighted by Gasteiger charge is -2.49. The number of hydrogen-bond acceptors (Lipinski definition) is 18. The zero-order valence-corrected chi connectivity index (χ0v) is 27.4. The van der Waals surface area contributed by atoms with Gasteiger partial charge in [-0.25, -0.2) is 9.59 Å². The summed E-state index contributed by atoms with van der Waals surface area (Å²) in [7, 11) is 0. The summed E-state index contributed by atoms with van der Waals surface area (Å²) < 4.78 is 15.6. The van der Waals surface area contributed by atoms with Gasteiger partial charge in [-0.05, 0) is 30.7 Å². The number of fused-ring (bicyclic) bond motifs is 1. The first-order valence-corrected chi connectivity index (χ1v) is 16.3. The van der Waals surface area contributed by atoms with Crippen molar-refractivity contribution in [1.29, 1.82) is 0 Å². The zero-order valence-electron chi connectivity index (χ0n) is 24.9. The fourth-order valence-electron chi connectivity index (χ4n) is 4.34. The Labute approximate surface area is 282 Å². The molecule has 250 valence electrons. The lowest BCUT2D eigenvalue weighted by molar-refractivity contribution is -0.150. The third-order valence-electron chi connectivity index (χ3n) is 6.30. The van der Waals surface area contributed by atoms with Crippen molar-refractivity contribution in [2.75, 3.05) is 17.2 Å². The highest BCUT2D eigenvalue weighted by atomic mass is 32.2. The Hall–Kier alpha value is -5.28. The number of ether oxygens (including phenoxy) is 2. The van der Waals surface area contributed by atoms with Crippen LogP contribution in [0.3, 0.4) is 0 Å². The van der Waals surface area contributed by atoms with Crippen LogP contribution in [-0.4, -0.2) is 89.5 Å². The smallest absolute Gasteiger partial charge is 0.365 e. The molecule has 0 saturated carbocycles. The van der Waals surface area contributed by atoms with Crippen molar-refractivity contribution in [1.82, 2.24) is 25.4 Å². The van der Waals surface area contributed by atoms with Gasteiger partial charge in [0.2, 0.25) is 0 Å². The number of aliphatic carboxylic acids is 1. The molecule has 0 spiro atoms. The van der Waals surface area contributed by atoms with Gasteiger partial charge in [-0.3, -0.25) is 24.1 Å². The molecule has 0 radical (unpaired) electrons. The number of esters is 2. The van der Waals surface area contributed by atoms with Crippen LogP contribution in [0.4, 0.5) is 6.01 Å². The topological polar surface area (TPSA) is 256 Å². The van der Waals surface area contributed by atoms with Crippen LogP contribution in [0.15, 0.2) is 49.6 Å². The predicted molar refractivity (Wildman–Crippen MR) is 167 cm³/mol. The van der Waals surface area contributed by atoms with Gasteiger partial charge in [-0.1, -0.05) is 28.3 Å². The highest BCUT2D eigenvalue weighted by Crippen LogP contribution is 2.42. The minimum Gasteiger partial charge on any atom is -0.477 e. The second-order valence-electron chi connectivity index (χ2n) is 9.73. The number of nitrogens with one attached hydrogen (secondary N) is 1. The molecule has 1 saturated heterocycles. The van der Waals surface area contributed by atoms with Crippen LogP contribution in [0.5, 0.6) is 11.5 Å². The molecule has 4 N–H and O–H groups in total. The molecule has 1 aromatic carbocycles. The van der Waals surface area contributed by atoms with Crippen molar-refractivity contribution in [3.05, 3.63) is 52.0 Å². The Kier molecular flexibility index (Phi) is 10.1. The number of anilines is 1. The molecule has 2 aliphatic rings. The number of aromatic nitrogens is 3. The first kappa shape index (κ1) is 34.1. The standard InChI is InChI=1S/C27H23N7O11S3/c1-10-31-32-27(48-10)47-9-14-8-46-23-19(22(38)34(23)20(14)24(39)40)30-21(37)18(15-7-42-26(28)29-15)33-45-25(41)13-4-5-16(43-11(2)35)17(6-13)44-12(3)36/h4-7,19,23H,8-9H2,1-3H3,(H2,28,29)(H,30,37)(H,39,40)/b33-18-/t19-,23+/m1/s1.